The molecule has 1 rings (SSSR count). The van der Waals surface area contributed by atoms with Crippen molar-refractivity contribution in [1.82, 2.24) is 5.32 Å². The van der Waals surface area contributed by atoms with E-state index in [4.69, 9.17) is 5.11 Å². The van der Waals surface area contributed by atoms with Gasteiger partial charge in [0.15, 0.2) is 6.04 Å². The molecule has 0 aliphatic carbocycles. The van der Waals surface area contributed by atoms with E-state index in [0.29, 0.717) is 5.56 Å². The molecular weight excluding hydrogens is 222 g/mol. The molecule has 0 fully saturated rings. The highest BCUT2D eigenvalue weighted by atomic mass is 16.4. The molecular formula is C12H11NO4. The molecule has 0 aromatic heterocycles. The maximum absolute atomic E-state index is 11.7. The summed E-state index contributed by atoms with van der Waals surface area (Å²) in [4.78, 5) is 32.9. The van der Waals surface area contributed by atoms with E-state index in [1.807, 2.05) is 0 Å². The fourth-order valence-electron chi connectivity index (χ4n) is 1.22. The van der Waals surface area contributed by atoms with Gasteiger partial charge in [-0.05, 0) is 19.1 Å². The van der Waals surface area contributed by atoms with Gasteiger partial charge in [-0.2, -0.15) is 0 Å². The number of aliphatic carboxylic acids is 1. The maximum atomic E-state index is 11.7. The topological polar surface area (TPSA) is 83.5 Å². The SMILES string of the molecule is CC(=C=O)C(NC(=O)c1ccccc1)C(=O)O. The number of carbonyl (C=O) groups excluding carboxylic acids is 2. The van der Waals surface area contributed by atoms with E-state index < -0.39 is 17.9 Å². The third kappa shape index (κ3) is 3.29. The highest BCUT2D eigenvalue weighted by Gasteiger charge is 2.22. The maximum Gasteiger partial charge on any atom is 0.331 e. The molecule has 0 bridgehead atoms. The minimum absolute atomic E-state index is 0.0817. The van der Waals surface area contributed by atoms with Crippen molar-refractivity contribution < 1.29 is 19.5 Å². The summed E-state index contributed by atoms with van der Waals surface area (Å²) < 4.78 is 0. The molecule has 0 saturated carbocycles. The lowest BCUT2D eigenvalue weighted by Gasteiger charge is -2.12. The molecule has 88 valence electrons. The summed E-state index contributed by atoms with van der Waals surface area (Å²) in [7, 11) is 0. The van der Waals surface area contributed by atoms with Gasteiger partial charge in [0, 0.05) is 11.1 Å². The molecule has 0 saturated heterocycles. The third-order valence-corrected chi connectivity index (χ3v) is 2.15. The summed E-state index contributed by atoms with van der Waals surface area (Å²) in [6, 6.07) is 6.81. The summed E-state index contributed by atoms with van der Waals surface area (Å²) in [5, 5.41) is 11.1. The molecule has 0 radical (unpaired) electrons. The summed E-state index contributed by atoms with van der Waals surface area (Å²) in [5.41, 5.74) is 0.249. The molecule has 0 heterocycles. The van der Waals surface area contributed by atoms with Gasteiger partial charge in [0.05, 0.1) is 0 Å². The van der Waals surface area contributed by atoms with Crippen LogP contribution in [-0.2, 0) is 9.59 Å². The van der Waals surface area contributed by atoms with Crippen LogP contribution < -0.4 is 5.32 Å². The Morgan fingerprint density at radius 2 is 1.88 bits per heavy atom. The number of amides is 1. The lowest BCUT2D eigenvalue weighted by Crippen LogP contribution is -2.41. The zero-order valence-electron chi connectivity index (χ0n) is 9.14. The fourth-order valence-corrected chi connectivity index (χ4v) is 1.22. The zero-order valence-corrected chi connectivity index (χ0v) is 9.14. The molecule has 1 unspecified atom stereocenters. The molecule has 1 amide bonds. The Morgan fingerprint density at radius 1 is 1.29 bits per heavy atom. The molecule has 2 N–H and O–H groups in total. The monoisotopic (exact) mass is 233 g/mol. The van der Waals surface area contributed by atoms with Crippen LogP contribution in [0.5, 0.6) is 0 Å². The predicted molar refractivity (Wildman–Crippen MR) is 60.2 cm³/mol. The van der Waals surface area contributed by atoms with Crippen molar-refractivity contribution in [3.05, 3.63) is 41.5 Å². The quantitative estimate of drug-likeness (QED) is 0.748. The summed E-state index contributed by atoms with van der Waals surface area (Å²) in [6.07, 6.45) is 0. The standard InChI is InChI=1S/C12H11NO4/c1-8(7-14)10(12(16)17)13-11(15)9-5-3-2-4-6-9/h2-6,10H,1H3,(H,13,15)(H,16,17). The van der Waals surface area contributed by atoms with E-state index in [-0.39, 0.29) is 5.57 Å². The average Bonchev–Trinajstić information content (AvgIpc) is 2.35. The van der Waals surface area contributed by atoms with Crippen molar-refractivity contribution in [3.8, 4) is 0 Å². The Kier molecular flexibility index (Phi) is 4.20. The Bertz CT molecular complexity index is 475. The van der Waals surface area contributed by atoms with Crippen LogP contribution in [0.2, 0.25) is 0 Å². The van der Waals surface area contributed by atoms with Crippen molar-refractivity contribution in [2.75, 3.05) is 0 Å². The van der Waals surface area contributed by atoms with Gasteiger partial charge in [-0.1, -0.05) is 18.2 Å². The van der Waals surface area contributed by atoms with Gasteiger partial charge >= 0.3 is 5.97 Å². The summed E-state index contributed by atoms with van der Waals surface area (Å²) >= 11 is 0. The zero-order chi connectivity index (χ0) is 12.8. The molecule has 1 aromatic rings. The number of carbonyl (C=O) groups is 2. The van der Waals surface area contributed by atoms with Crippen LogP contribution in [-0.4, -0.2) is 29.0 Å². The highest BCUT2D eigenvalue weighted by Crippen LogP contribution is 2.02. The first-order chi connectivity index (χ1) is 8.06. The highest BCUT2D eigenvalue weighted by molar-refractivity contribution is 5.97. The summed E-state index contributed by atoms with van der Waals surface area (Å²) in [6.45, 7) is 1.30. The van der Waals surface area contributed by atoms with Crippen LogP contribution >= 0.6 is 0 Å². The molecule has 5 nitrogen and oxygen atoms in total. The number of rotatable bonds is 4. The Balaban J connectivity index is 2.86. The first-order valence-electron chi connectivity index (χ1n) is 4.86. The van der Waals surface area contributed by atoms with Gasteiger partial charge in [-0.3, -0.25) is 4.79 Å². The Hall–Kier alpha value is -2.39. The number of carboxylic acid groups (broad SMARTS) is 1. The van der Waals surface area contributed by atoms with Gasteiger partial charge in [0.25, 0.3) is 5.91 Å². The van der Waals surface area contributed by atoms with Crippen LogP contribution in [0.25, 0.3) is 0 Å². The van der Waals surface area contributed by atoms with Crippen molar-refractivity contribution in [2.24, 2.45) is 0 Å². The van der Waals surface area contributed by atoms with Crippen molar-refractivity contribution in [2.45, 2.75) is 13.0 Å². The normalized spacial score (nSPS) is 11.1. The molecule has 0 spiro atoms. The Morgan fingerprint density at radius 3 is 2.35 bits per heavy atom. The van der Waals surface area contributed by atoms with Crippen molar-refractivity contribution >= 4 is 17.8 Å². The van der Waals surface area contributed by atoms with Gasteiger partial charge in [0.2, 0.25) is 0 Å². The number of hydrogen-bond acceptors (Lipinski definition) is 3. The summed E-state index contributed by atoms with van der Waals surface area (Å²) in [5.74, 6) is -0.370. The second-order valence-corrected chi connectivity index (χ2v) is 3.40. The van der Waals surface area contributed by atoms with Crippen molar-refractivity contribution in [3.63, 3.8) is 0 Å². The smallest absolute Gasteiger partial charge is 0.331 e. The van der Waals surface area contributed by atoms with Crippen LogP contribution in [0.1, 0.15) is 17.3 Å². The van der Waals surface area contributed by atoms with Gasteiger partial charge in [-0.15, -0.1) is 0 Å². The average molecular weight is 233 g/mol. The minimum atomic E-state index is -1.35. The Labute approximate surface area is 97.8 Å². The van der Waals surface area contributed by atoms with E-state index in [1.165, 1.54) is 12.9 Å². The van der Waals surface area contributed by atoms with Crippen LogP contribution in [0.15, 0.2) is 35.9 Å². The molecule has 5 heteroatoms. The molecule has 0 aliphatic rings. The molecule has 0 aliphatic heterocycles. The van der Waals surface area contributed by atoms with E-state index in [9.17, 15) is 14.4 Å². The third-order valence-electron chi connectivity index (χ3n) is 2.15. The second kappa shape index (κ2) is 5.63. The van der Waals surface area contributed by atoms with Crippen molar-refractivity contribution in [1.29, 1.82) is 0 Å². The molecule has 1 atom stereocenters. The second-order valence-electron chi connectivity index (χ2n) is 3.40. The van der Waals surface area contributed by atoms with Crippen LogP contribution in [0.4, 0.5) is 0 Å². The number of nitrogens with one attached hydrogen (secondary N) is 1. The van der Waals surface area contributed by atoms with E-state index in [0.717, 1.165) is 0 Å². The minimum Gasteiger partial charge on any atom is -0.479 e. The molecule has 1 aromatic carbocycles. The van der Waals surface area contributed by atoms with E-state index >= 15 is 0 Å². The van der Waals surface area contributed by atoms with Gasteiger partial charge in [-0.25, -0.2) is 9.59 Å². The fraction of sp³-hybridized carbons (Fsp3) is 0.167. The van der Waals surface area contributed by atoms with Gasteiger partial charge in [0.1, 0.15) is 5.94 Å². The van der Waals surface area contributed by atoms with Crippen LogP contribution in [0.3, 0.4) is 0 Å². The van der Waals surface area contributed by atoms with Crippen LogP contribution in [0, 0.1) is 0 Å². The van der Waals surface area contributed by atoms with Gasteiger partial charge < -0.3 is 10.4 Å². The molecule has 17 heavy (non-hydrogen) atoms. The number of hydrogen-bond donors (Lipinski definition) is 2. The van der Waals surface area contributed by atoms with E-state index in [1.54, 1.807) is 30.3 Å². The van der Waals surface area contributed by atoms with E-state index in [2.05, 4.69) is 5.32 Å². The number of benzene rings is 1. The first-order valence-corrected chi connectivity index (χ1v) is 4.86. The predicted octanol–water partition coefficient (Wildman–Crippen LogP) is 0.648. The first kappa shape index (κ1) is 12.7. The lowest BCUT2D eigenvalue weighted by atomic mass is 10.1. The number of carboxylic acids is 1. The lowest BCUT2D eigenvalue weighted by molar-refractivity contribution is -0.138. The largest absolute Gasteiger partial charge is 0.479 e.